The Morgan fingerprint density at radius 3 is 2.39 bits per heavy atom. The third-order valence-electron chi connectivity index (χ3n) is 6.46. The Bertz CT molecular complexity index is 1240. The molecule has 0 radical (unpaired) electrons. The number of pyridine rings is 1. The summed E-state index contributed by atoms with van der Waals surface area (Å²) < 4.78 is 1.61. The van der Waals surface area contributed by atoms with E-state index >= 15 is 0 Å². The molecule has 0 atom stereocenters. The van der Waals surface area contributed by atoms with Crippen LogP contribution >= 0.6 is 0 Å². The Morgan fingerprint density at radius 2 is 1.68 bits per heavy atom. The molecule has 0 unspecified atom stereocenters. The van der Waals surface area contributed by atoms with Crippen LogP contribution in [0.5, 0.6) is 0 Å². The summed E-state index contributed by atoms with van der Waals surface area (Å²) in [5.41, 5.74) is 8.50. The molecule has 7 nitrogen and oxygen atoms in total. The van der Waals surface area contributed by atoms with Gasteiger partial charge in [0.25, 0.3) is 0 Å². The average molecular weight is 516 g/mol. The number of rotatable bonds is 14. The molecule has 4 N–H and O–H groups in total. The fourth-order valence-corrected chi connectivity index (χ4v) is 4.31. The van der Waals surface area contributed by atoms with Crippen LogP contribution in [0.4, 0.5) is 5.82 Å². The summed E-state index contributed by atoms with van der Waals surface area (Å²) in [5.74, 6) is -0.338. The van der Waals surface area contributed by atoms with E-state index < -0.39 is 5.97 Å². The van der Waals surface area contributed by atoms with Crippen LogP contribution in [-0.4, -0.2) is 32.4 Å². The molecule has 0 saturated heterocycles. The maximum atomic E-state index is 10.6. The second-order valence-corrected chi connectivity index (χ2v) is 9.62. The zero-order valence-corrected chi connectivity index (χ0v) is 22.5. The first-order valence-electron chi connectivity index (χ1n) is 13.7. The fraction of sp³-hybridized carbons (Fsp3) is 0.387. The molecule has 0 saturated carbocycles. The molecular weight excluding hydrogens is 474 g/mol. The van der Waals surface area contributed by atoms with E-state index in [-0.39, 0.29) is 5.56 Å². The van der Waals surface area contributed by atoms with Crippen molar-refractivity contribution in [2.24, 2.45) is 0 Å². The molecule has 0 spiro atoms. The minimum Gasteiger partial charge on any atom is -0.478 e. The number of aromatic carboxylic acids is 1. The summed E-state index contributed by atoms with van der Waals surface area (Å²) >= 11 is 0. The molecule has 4 rings (SSSR count). The van der Waals surface area contributed by atoms with E-state index in [2.05, 4.69) is 40.5 Å². The van der Waals surface area contributed by atoms with Crippen LogP contribution in [0.3, 0.4) is 0 Å². The second kappa shape index (κ2) is 16.2. The Kier molecular flexibility index (Phi) is 12.3. The molecular formula is C31H41N5O2. The lowest BCUT2D eigenvalue weighted by atomic mass is 10.1. The first-order chi connectivity index (χ1) is 18.6. The molecule has 0 fully saturated rings. The number of fused-ring (bicyclic) bond motifs is 1. The van der Waals surface area contributed by atoms with Gasteiger partial charge < -0.3 is 16.2 Å². The highest BCUT2D eigenvalue weighted by Crippen LogP contribution is 2.19. The van der Waals surface area contributed by atoms with Crippen molar-refractivity contribution in [2.45, 2.75) is 71.4 Å². The van der Waals surface area contributed by atoms with Crippen molar-refractivity contribution in [3.8, 4) is 0 Å². The van der Waals surface area contributed by atoms with E-state index in [0.29, 0.717) is 12.4 Å². The lowest BCUT2D eigenvalue weighted by Crippen LogP contribution is -2.14. The van der Waals surface area contributed by atoms with Gasteiger partial charge in [-0.15, -0.1) is 0 Å². The maximum absolute atomic E-state index is 10.6. The second-order valence-electron chi connectivity index (χ2n) is 9.62. The van der Waals surface area contributed by atoms with Crippen molar-refractivity contribution >= 4 is 22.6 Å². The molecule has 0 amide bonds. The molecule has 0 aliphatic heterocycles. The highest BCUT2D eigenvalue weighted by Gasteiger charge is 2.05. The van der Waals surface area contributed by atoms with Gasteiger partial charge in [-0.3, -0.25) is 4.68 Å². The topological polar surface area (TPSA) is 106 Å². The molecule has 7 heteroatoms. The number of carboxylic acid groups (broad SMARTS) is 1. The normalized spacial score (nSPS) is 10.8. The summed E-state index contributed by atoms with van der Waals surface area (Å²) in [6.45, 7) is 4.89. The average Bonchev–Trinajstić information content (AvgIpc) is 3.40. The lowest BCUT2D eigenvalue weighted by Gasteiger charge is -2.07. The largest absolute Gasteiger partial charge is 0.478 e. The smallest absolute Gasteiger partial charge is 0.338 e. The van der Waals surface area contributed by atoms with E-state index in [1.807, 2.05) is 36.4 Å². The van der Waals surface area contributed by atoms with Gasteiger partial charge >= 0.3 is 5.97 Å². The maximum Gasteiger partial charge on any atom is 0.338 e. The Hall–Kier alpha value is -3.71. The SMILES string of the molecule is CCCCCCCCCCNCc1ccc2c(N)nccc2c1.O=C(O)c1cnn(Cc2ccccc2)c1. The van der Waals surface area contributed by atoms with Gasteiger partial charge in [0.2, 0.25) is 0 Å². The number of aromatic nitrogens is 3. The Labute approximate surface area is 226 Å². The van der Waals surface area contributed by atoms with Crippen molar-refractivity contribution in [2.75, 3.05) is 12.3 Å². The molecule has 38 heavy (non-hydrogen) atoms. The van der Waals surface area contributed by atoms with Crippen LogP contribution in [0.15, 0.2) is 73.2 Å². The fourth-order valence-electron chi connectivity index (χ4n) is 4.31. The first-order valence-corrected chi connectivity index (χ1v) is 13.7. The third kappa shape index (κ3) is 9.98. The molecule has 0 aliphatic rings. The zero-order chi connectivity index (χ0) is 27.0. The summed E-state index contributed by atoms with van der Waals surface area (Å²) in [6.07, 6.45) is 15.6. The zero-order valence-electron chi connectivity index (χ0n) is 22.5. The minimum atomic E-state index is -0.950. The van der Waals surface area contributed by atoms with E-state index in [1.54, 1.807) is 10.9 Å². The van der Waals surface area contributed by atoms with Crippen molar-refractivity contribution in [3.63, 3.8) is 0 Å². The monoisotopic (exact) mass is 515 g/mol. The van der Waals surface area contributed by atoms with E-state index in [9.17, 15) is 4.79 Å². The number of benzene rings is 2. The van der Waals surface area contributed by atoms with Gasteiger partial charge in [-0.05, 0) is 41.6 Å². The molecule has 4 aromatic rings. The number of hydrogen-bond acceptors (Lipinski definition) is 5. The van der Waals surface area contributed by atoms with E-state index in [4.69, 9.17) is 10.8 Å². The third-order valence-corrected chi connectivity index (χ3v) is 6.46. The minimum absolute atomic E-state index is 0.214. The number of carbonyl (C=O) groups is 1. The first kappa shape index (κ1) is 28.9. The van der Waals surface area contributed by atoms with Crippen LogP contribution in [0.25, 0.3) is 10.8 Å². The van der Waals surface area contributed by atoms with Gasteiger partial charge in [0.05, 0.1) is 18.3 Å². The van der Waals surface area contributed by atoms with Crippen LogP contribution in [0.1, 0.15) is 79.8 Å². The molecule has 2 aromatic carbocycles. The quantitative estimate of drug-likeness (QED) is 0.162. The van der Waals surface area contributed by atoms with E-state index in [1.165, 1.54) is 74.7 Å². The summed E-state index contributed by atoms with van der Waals surface area (Å²) in [7, 11) is 0. The van der Waals surface area contributed by atoms with Crippen LogP contribution in [0, 0.1) is 0 Å². The van der Waals surface area contributed by atoms with Gasteiger partial charge in [0, 0.05) is 24.3 Å². The van der Waals surface area contributed by atoms with Crippen LogP contribution < -0.4 is 11.1 Å². The molecule has 202 valence electrons. The van der Waals surface area contributed by atoms with Gasteiger partial charge in [0.15, 0.2) is 0 Å². The number of carboxylic acids is 1. The lowest BCUT2D eigenvalue weighted by molar-refractivity contribution is 0.0696. The number of nitrogens with zero attached hydrogens (tertiary/aromatic N) is 3. The van der Waals surface area contributed by atoms with Crippen molar-refractivity contribution < 1.29 is 9.90 Å². The van der Waals surface area contributed by atoms with E-state index in [0.717, 1.165) is 24.0 Å². The highest BCUT2D eigenvalue weighted by molar-refractivity contribution is 5.91. The van der Waals surface area contributed by atoms with Gasteiger partial charge in [0.1, 0.15) is 5.82 Å². The van der Waals surface area contributed by atoms with Crippen molar-refractivity contribution in [3.05, 3.63) is 89.9 Å². The van der Waals surface area contributed by atoms with Gasteiger partial charge in [-0.1, -0.05) is 94.3 Å². The Morgan fingerprint density at radius 1 is 0.947 bits per heavy atom. The number of anilines is 1. The predicted molar refractivity (Wildman–Crippen MR) is 155 cm³/mol. The highest BCUT2D eigenvalue weighted by atomic mass is 16.4. The molecule has 0 bridgehead atoms. The molecule has 0 aliphatic carbocycles. The standard InChI is InChI=1S/C20H31N3.C11H10N2O2/c1-2-3-4-5-6-7-8-9-13-22-16-17-10-11-19-18(15-17)12-14-23-20(19)21;14-11(15)10-6-12-13(8-10)7-9-4-2-1-3-5-9/h10-12,14-15,22H,2-9,13,16H2,1H3,(H2,21,23);1-6,8H,7H2,(H,14,15). The van der Waals surface area contributed by atoms with Crippen molar-refractivity contribution in [1.82, 2.24) is 20.1 Å². The van der Waals surface area contributed by atoms with Crippen molar-refractivity contribution in [1.29, 1.82) is 0 Å². The van der Waals surface area contributed by atoms with Crippen LogP contribution in [-0.2, 0) is 13.1 Å². The number of nitrogen functional groups attached to an aromatic ring is 1. The van der Waals surface area contributed by atoms with Gasteiger partial charge in [-0.2, -0.15) is 5.10 Å². The summed E-state index contributed by atoms with van der Waals surface area (Å²) in [5, 5.41) is 18.4. The van der Waals surface area contributed by atoms with Gasteiger partial charge in [-0.25, -0.2) is 9.78 Å². The predicted octanol–water partition coefficient (Wildman–Crippen LogP) is 6.68. The summed E-state index contributed by atoms with van der Waals surface area (Å²) in [4.78, 5) is 14.7. The Balaban J connectivity index is 0.000000230. The molecule has 2 heterocycles. The number of unbranched alkanes of at least 4 members (excludes halogenated alkanes) is 7. The number of nitrogens with one attached hydrogen (secondary N) is 1. The number of hydrogen-bond donors (Lipinski definition) is 3. The molecule has 2 aromatic heterocycles. The van der Waals surface area contributed by atoms with Crippen LogP contribution in [0.2, 0.25) is 0 Å². The number of nitrogens with two attached hydrogens (primary N) is 1. The summed E-state index contributed by atoms with van der Waals surface area (Å²) in [6, 6.07) is 18.2.